The second-order valence-electron chi connectivity index (χ2n) is 6.57. The van der Waals surface area contributed by atoms with E-state index in [4.69, 9.17) is 9.47 Å². The Hall–Kier alpha value is -1.86. The zero-order valence-electron chi connectivity index (χ0n) is 14.5. The van der Waals surface area contributed by atoms with Gasteiger partial charge in [-0.15, -0.1) is 0 Å². The maximum absolute atomic E-state index is 12.4. The van der Waals surface area contributed by atoms with Crippen LogP contribution in [0.5, 0.6) is 0 Å². The lowest BCUT2D eigenvalue weighted by Gasteiger charge is -2.35. The number of H-pyrrole nitrogens is 1. The number of nitrogens with one attached hydrogen (secondary N) is 2. The molecule has 24 heavy (non-hydrogen) atoms. The summed E-state index contributed by atoms with van der Waals surface area (Å²) in [6, 6.07) is 0.549. The van der Waals surface area contributed by atoms with E-state index in [1.54, 1.807) is 13.8 Å². The van der Waals surface area contributed by atoms with E-state index in [0.717, 1.165) is 19.7 Å². The number of ether oxygens (including phenoxy) is 2. The number of amides is 1. The lowest BCUT2D eigenvalue weighted by atomic mass is 10.1. The molecule has 0 aliphatic carbocycles. The molecule has 2 N–H and O–H groups in total. The molecule has 0 radical (unpaired) electrons. The fourth-order valence-corrected chi connectivity index (χ4v) is 3.69. The van der Waals surface area contributed by atoms with E-state index in [1.165, 1.54) is 20.0 Å². The van der Waals surface area contributed by atoms with Gasteiger partial charge in [-0.05, 0) is 38.8 Å². The predicted molar refractivity (Wildman–Crippen MR) is 88.3 cm³/mol. The third-order valence-electron chi connectivity index (χ3n) is 5.01. The van der Waals surface area contributed by atoms with Crippen LogP contribution in [-0.2, 0) is 9.47 Å². The van der Waals surface area contributed by atoms with Crippen molar-refractivity contribution in [2.75, 3.05) is 33.4 Å². The Kier molecular flexibility index (Phi) is 4.91. The molecule has 0 spiro atoms. The molecular weight excluding hydrogens is 310 g/mol. The molecule has 0 saturated carbocycles. The predicted octanol–water partition coefficient (Wildman–Crippen LogP) is 1.01. The van der Waals surface area contributed by atoms with Gasteiger partial charge in [0.05, 0.1) is 25.4 Å². The summed E-state index contributed by atoms with van der Waals surface area (Å²) < 4.78 is 10.6. The summed E-state index contributed by atoms with van der Waals surface area (Å²) in [5.41, 5.74) is 2.08. The molecule has 7 heteroatoms. The molecule has 3 rings (SSSR count). The molecule has 132 valence electrons. The molecule has 2 fully saturated rings. The first kappa shape index (κ1) is 17.0. The monoisotopic (exact) mass is 335 g/mol. The highest BCUT2D eigenvalue weighted by molar-refractivity contribution is 6.00. The van der Waals surface area contributed by atoms with E-state index in [0.29, 0.717) is 35.1 Å². The quantitative estimate of drug-likeness (QED) is 0.803. The van der Waals surface area contributed by atoms with Gasteiger partial charge in [0.25, 0.3) is 5.91 Å². The molecule has 7 nitrogen and oxygen atoms in total. The molecule has 1 aromatic rings. The first-order valence-electron chi connectivity index (χ1n) is 8.42. The number of esters is 1. The number of rotatable bonds is 4. The van der Waals surface area contributed by atoms with Crippen LogP contribution >= 0.6 is 0 Å². The Morgan fingerprint density at radius 2 is 2.21 bits per heavy atom. The molecular formula is C17H25N3O4. The van der Waals surface area contributed by atoms with E-state index < -0.39 is 5.97 Å². The number of hydrogen-bond donors (Lipinski definition) is 2. The van der Waals surface area contributed by atoms with Crippen molar-refractivity contribution in [3.63, 3.8) is 0 Å². The maximum Gasteiger partial charge on any atom is 0.339 e. The standard InChI is InChI=1S/C17H25N3O4/c1-10-14(17(22)23-3)11(2)19-15(10)16(21)18-7-13-8-20-6-4-5-12(20)9-24-13/h12-13,19H,4-9H2,1-3H3,(H,18,21)/t12-,13-/m1/s1. The fraction of sp³-hybridized carbons (Fsp3) is 0.647. The second-order valence-corrected chi connectivity index (χ2v) is 6.57. The molecule has 2 aliphatic heterocycles. The van der Waals surface area contributed by atoms with Crippen molar-refractivity contribution in [1.82, 2.24) is 15.2 Å². The lowest BCUT2D eigenvalue weighted by Crippen LogP contribution is -2.50. The Bertz CT molecular complexity index is 640. The highest BCUT2D eigenvalue weighted by atomic mass is 16.5. The van der Waals surface area contributed by atoms with Crippen LogP contribution < -0.4 is 5.32 Å². The summed E-state index contributed by atoms with van der Waals surface area (Å²) in [6.07, 6.45) is 2.44. The third kappa shape index (κ3) is 3.18. The summed E-state index contributed by atoms with van der Waals surface area (Å²) >= 11 is 0. The number of aromatic nitrogens is 1. The summed E-state index contributed by atoms with van der Waals surface area (Å²) in [4.78, 5) is 29.7. The number of aryl methyl sites for hydroxylation is 1. The van der Waals surface area contributed by atoms with Crippen molar-refractivity contribution in [3.05, 3.63) is 22.5 Å². The number of morpholine rings is 1. The van der Waals surface area contributed by atoms with E-state index in [9.17, 15) is 9.59 Å². The van der Waals surface area contributed by atoms with Gasteiger partial charge >= 0.3 is 5.97 Å². The Morgan fingerprint density at radius 3 is 2.96 bits per heavy atom. The van der Waals surface area contributed by atoms with Crippen LogP contribution in [0.25, 0.3) is 0 Å². The van der Waals surface area contributed by atoms with Crippen molar-refractivity contribution < 1.29 is 19.1 Å². The van der Waals surface area contributed by atoms with Gasteiger partial charge in [0.2, 0.25) is 0 Å². The molecule has 2 saturated heterocycles. The molecule has 0 bridgehead atoms. The van der Waals surface area contributed by atoms with Crippen LogP contribution in [0.1, 0.15) is 44.9 Å². The van der Waals surface area contributed by atoms with Gasteiger partial charge in [0.1, 0.15) is 5.69 Å². The van der Waals surface area contributed by atoms with Crippen LogP contribution in [-0.4, -0.2) is 67.3 Å². The van der Waals surface area contributed by atoms with Crippen molar-refractivity contribution in [2.45, 2.75) is 38.8 Å². The summed E-state index contributed by atoms with van der Waals surface area (Å²) in [5.74, 6) is -0.658. The van der Waals surface area contributed by atoms with Gasteiger partial charge in [0, 0.05) is 24.8 Å². The van der Waals surface area contributed by atoms with Crippen LogP contribution in [0.4, 0.5) is 0 Å². The number of fused-ring (bicyclic) bond motifs is 1. The van der Waals surface area contributed by atoms with Crippen LogP contribution in [0, 0.1) is 13.8 Å². The van der Waals surface area contributed by atoms with E-state index >= 15 is 0 Å². The van der Waals surface area contributed by atoms with Gasteiger partial charge in [-0.25, -0.2) is 4.79 Å². The number of hydrogen-bond acceptors (Lipinski definition) is 5. The number of aromatic amines is 1. The van der Waals surface area contributed by atoms with Gasteiger partial charge in [-0.3, -0.25) is 9.69 Å². The van der Waals surface area contributed by atoms with Crippen molar-refractivity contribution in [1.29, 1.82) is 0 Å². The number of methoxy groups -OCH3 is 1. The Balaban J connectivity index is 1.60. The average Bonchev–Trinajstić information content (AvgIpc) is 3.15. The van der Waals surface area contributed by atoms with Crippen LogP contribution in [0.3, 0.4) is 0 Å². The minimum absolute atomic E-state index is 0.0137. The lowest BCUT2D eigenvalue weighted by molar-refractivity contribution is -0.0462. The number of carbonyl (C=O) groups excluding carboxylic acids is 2. The van der Waals surface area contributed by atoms with Crippen LogP contribution in [0.15, 0.2) is 0 Å². The van der Waals surface area contributed by atoms with Crippen molar-refractivity contribution >= 4 is 11.9 Å². The normalized spacial score (nSPS) is 23.8. The molecule has 2 aliphatic rings. The fourth-order valence-electron chi connectivity index (χ4n) is 3.69. The minimum atomic E-state index is -0.434. The van der Waals surface area contributed by atoms with Crippen molar-refractivity contribution in [2.24, 2.45) is 0 Å². The molecule has 1 amide bonds. The maximum atomic E-state index is 12.4. The SMILES string of the molecule is COC(=O)c1c(C)[nH]c(C(=O)NC[C@@H]2CN3CCC[C@@H]3CO2)c1C. The van der Waals surface area contributed by atoms with Gasteiger partial charge in [0.15, 0.2) is 0 Å². The van der Waals surface area contributed by atoms with Crippen molar-refractivity contribution in [3.8, 4) is 0 Å². The molecule has 2 atom stereocenters. The van der Waals surface area contributed by atoms with E-state index in [-0.39, 0.29) is 12.0 Å². The largest absolute Gasteiger partial charge is 0.465 e. The minimum Gasteiger partial charge on any atom is -0.465 e. The first-order valence-corrected chi connectivity index (χ1v) is 8.42. The molecule has 1 aromatic heterocycles. The topological polar surface area (TPSA) is 83.7 Å². The smallest absolute Gasteiger partial charge is 0.339 e. The van der Waals surface area contributed by atoms with Crippen LogP contribution in [0.2, 0.25) is 0 Å². The van der Waals surface area contributed by atoms with Gasteiger partial charge in [-0.1, -0.05) is 0 Å². The zero-order valence-corrected chi connectivity index (χ0v) is 14.5. The highest BCUT2D eigenvalue weighted by Crippen LogP contribution is 2.22. The summed E-state index contributed by atoms with van der Waals surface area (Å²) in [6.45, 7) is 6.70. The molecule has 3 heterocycles. The highest BCUT2D eigenvalue weighted by Gasteiger charge is 2.32. The Morgan fingerprint density at radius 1 is 1.42 bits per heavy atom. The third-order valence-corrected chi connectivity index (χ3v) is 5.01. The van der Waals surface area contributed by atoms with E-state index in [2.05, 4.69) is 15.2 Å². The zero-order chi connectivity index (χ0) is 17.3. The number of nitrogens with zero attached hydrogens (tertiary/aromatic N) is 1. The summed E-state index contributed by atoms with van der Waals surface area (Å²) in [5, 5.41) is 2.91. The van der Waals surface area contributed by atoms with Gasteiger partial charge < -0.3 is 19.8 Å². The van der Waals surface area contributed by atoms with E-state index in [1.807, 2.05) is 0 Å². The molecule has 0 unspecified atom stereocenters. The summed E-state index contributed by atoms with van der Waals surface area (Å²) in [7, 11) is 1.33. The molecule has 0 aromatic carbocycles. The first-order chi connectivity index (χ1) is 11.5. The van der Waals surface area contributed by atoms with Gasteiger partial charge in [-0.2, -0.15) is 0 Å². The Labute approximate surface area is 141 Å². The average molecular weight is 335 g/mol. The second kappa shape index (κ2) is 6.94. The number of carbonyl (C=O) groups is 2.